The Balaban J connectivity index is 1.54. The van der Waals surface area contributed by atoms with Gasteiger partial charge in [0.15, 0.2) is 0 Å². The minimum absolute atomic E-state index is 0.164. The van der Waals surface area contributed by atoms with Crippen molar-refractivity contribution in [1.82, 2.24) is 20.0 Å². The van der Waals surface area contributed by atoms with Crippen molar-refractivity contribution in [3.63, 3.8) is 0 Å². The van der Waals surface area contributed by atoms with Crippen LogP contribution in [0, 0.1) is 0 Å². The van der Waals surface area contributed by atoms with Crippen molar-refractivity contribution >= 4 is 34.7 Å². The van der Waals surface area contributed by atoms with Crippen LogP contribution in [-0.4, -0.2) is 34.4 Å². The first-order chi connectivity index (χ1) is 16.6. The summed E-state index contributed by atoms with van der Waals surface area (Å²) in [4.78, 5) is 33.4. The number of pyridine rings is 1. The molecule has 34 heavy (non-hydrogen) atoms. The number of nitrogens with one attached hydrogen (secondary N) is 2. The van der Waals surface area contributed by atoms with Gasteiger partial charge in [-0.1, -0.05) is 43.3 Å². The van der Waals surface area contributed by atoms with Crippen molar-refractivity contribution in [2.24, 2.45) is 0 Å². The number of amides is 3. The standard InChI is InChI=1S/C26H29N5O2S/c1-3-22-25(30(4-2)26(33)27-15-14-19-9-6-5-7-10-19)31-18-20(12-13-23(31)29-22)24(32)28-17-21-11-8-16-34-21/h5-13,16,18H,3-4,14-15,17H2,1-2H3,(H,27,33)(H,28,32). The lowest BCUT2D eigenvalue weighted by molar-refractivity contribution is 0.0951. The number of benzene rings is 1. The number of aromatic nitrogens is 2. The Bertz CT molecular complexity index is 1250. The zero-order valence-corrected chi connectivity index (χ0v) is 20.3. The summed E-state index contributed by atoms with van der Waals surface area (Å²) in [5.41, 5.74) is 3.22. The molecule has 1 aromatic carbocycles. The number of hydrogen-bond acceptors (Lipinski definition) is 4. The predicted octanol–water partition coefficient (Wildman–Crippen LogP) is 4.67. The number of thiophene rings is 1. The lowest BCUT2D eigenvalue weighted by Crippen LogP contribution is -2.41. The molecule has 7 nitrogen and oxygen atoms in total. The molecule has 0 spiro atoms. The summed E-state index contributed by atoms with van der Waals surface area (Å²) in [6, 6.07) is 17.4. The molecule has 0 atom stereocenters. The van der Waals surface area contributed by atoms with Gasteiger partial charge in [0.1, 0.15) is 11.5 Å². The number of urea groups is 1. The van der Waals surface area contributed by atoms with Crippen LogP contribution in [-0.2, 0) is 19.4 Å². The molecule has 3 amide bonds. The van der Waals surface area contributed by atoms with E-state index < -0.39 is 0 Å². The van der Waals surface area contributed by atoms with Gasteiger partial charge in [0, 0.05) is 24.2 Å². The number of anilines is 1. The fourth-order valence-corrected chi connectivity index (χ4v) is 4.51. The molecule has 176 valence electrons. The number of aryl methyl sites for hydroxylation is 1. The van der Waals surface area contributed by atoms with Gasteiger partial charge >= 0.3 is 6.03 Å². The highest BCUT2D eigenvalue weighted by molar-refractivity contribution is 7.09. The Morgan fingerprint density at radius 1 is 1.03 bits per heavy atom. The Morgan fingerprint density at radius 3 is 2.56 bits per heavy atom. The van der Waals surface area contributed by atoms with Crippen LogP contribution in [0.2, 0.25) is 0 Å². The van der Waals surface area contributed by atoms with Crippen molar-refractivity contribution in [3.05, 3.63) is 87.9 Å². The van der Waals surface area contributed by atoms with Gasteiger partial charge in [-0.15, -0.1) is 11.3 Å². The smallest absolute Gasteiger partial charge is 0.323 e. The molecule has 3 heterocycles. The van der Waals surface area contributed by atoms with Crippen molar-refractivity contribution < 1.29 is 9.59 Å². The minimum atomic E-state index is -0.178. The lowest BCUT2D eigenvalue weighted by Gasteiger charge is -2.22. The molecule has 0 aliphatic heterocycles. The summed E-state index contributed by atoms with van der Waals surface area (Å²) in [5.74, 6) is 0.536. The molecule has 0 unspecified atom stereocenters. The van der Waals surface area contributed by atoms with Crippen LogP contribution in [0.15, 0.2) is 66.2 Å². The topological polar surface area (TPSA) is 78.7 Å². The van der Waals surface area contributed by atoms with Crippen LogP contribution in [0.25, 0.3) is 5.65 Å². The Hall–Kier alpha value is -3.65. The maximum absolute atomic E-state index is 13.1. The highest BCUT2D eigenvalue weighted by atomic mass is 32.1. The molecule has 3 aromatic heterocycles. The molecule has 4 rings (SSSR count). The Morgan fingerprint density at radius 2 is 1.85 bits per heavy atom. The Labute approximate surface area is 203 Å². The van der Waals surface area contributed by atoms with E-state index >= 15 is 0 Å². The highest BCUT2D eigenvalue weighted by Gasteiger charge is 2.22. The Kier molecular flexibility index (Phi) is 7.59. The van der Waals surface area contributed by atoms with Crippen LogP contribution in [0.3, 0.4) is 0 Å². The summed E-state index contributed by atoms with van der Waals surface area (Å²) in [6.07, 6.45) is 3.19. The van der Waals surface area contributed by atoms with Crippen LogP contribution >= 0.6 is 11.3 Å². The SMILES string of the molecule is CCc1nc2ccc(C(=O)NCc3cccs3)cn2c1N(CC)C(=O)NCCc1ccccc1. The number of carbonyl (C=O) groups is 2. The third-order valence-electron chi connectivity index (χ3n) is 5.61. The highest BCUT2D eigenvalue weighted by Crippen LogP contribution is 2.24. The zero-order chi connectivity index (χ0) is 23.9. The van der Waals surface area contributed by atoms with Gasteiger partial charge in [0.05, 0.1) is 17.8 Å². The zero-order valence-electron chi connectivity index (χ0n) is 19.5. The quantitative estimate of drug-likeness (QED) is 0.369. The lowest BCUT2D eigenvalue weighted by atomic mass is 10.1. The van der Waals surface area contributed by atoms with E-state index in [0.717, 1.165) is 17.0 Å². The van der Waals surface area contributed by atoms with E-state index in [1.165, 1.54) is 5.56 Å². The third-order valence-corrected chi connectivity index (χ3v) is 6.49. The van der Waals surface area contributed by atoms with Crippen molar-refractivity contribution in [2.75, 3.05) is 18.0 Å². The van der Waals surface area contributed by atoms with E-state index in [0.29, 0.717) is 43.1 Å². The number of hydrogen-bond donors (Lipinski definition) is 2. The van der Waals surface area contributed by atoms with Crippen molar-refractivity contribution in [3.8, 4) is 0 Å². The predicted molar refractivity (Wildman–Crippen MR) is 137 cm³/mol. The molecule has 0 aliphatic carbocycles. The van der Waals surface area contributed by atoms with Crippen molar-refractivity contribution in [1.29, 1.82) is 0 Å². The molecule has 0 radical (unpaired) electrons. The molecular weight excluding hydrogens is 446 g/mol. The second-order valence-corrected chi connectivity index (χ2v) is 8.89. The van der Waals surface area contributed by atoms with Crippen LogP contribution in [0.4, 0.5) is 10.6 Å². The summed E-state index contributed by atoms with van der Waals surface area (Å²) < 4.78 is 1.85. The molecule has 0 fully saturated rings. The van der Waals surface area contributed by atoms with E-state index in [1.54, 1.807) is 28.5 Å². The second kappa shape index (κ2) is 11.0. The maximum atomic E-state index is 13.1. The van der Waals surface area contributed by atoms with Gasteiger partial charge in [-0.05, 0) is 48.9 Å². The number of fused-ring (bicyclic) bond motifs is 1. The van der Waals surface area contributed by atoms with E-state index in [-0.39, 0.29) is 11.9 Å². The summed E-state index contributed by atoms with van der Waals surface area (Å²) >= 11 is 1.61. The number of rotatable bonds is 9. The van der Waals surface area contributed by atoms with E-state index in [4.69, 9.17) is 4.98 Å². The average molecular weight is 476 g/mol. The summed E-state index contributed by atoms with van der Waals surface area (Å²) in [7, 11) is 0. The molecular formula is C26H29N5O2S. The molecule has 0 saturated carbocycles. The van der Waals surface area contributed by atoms with Crippen LogP contribution < -0.4 is 15.5 Å². The number of carbonyl (C=O) groups excluding carboxylic acids is 2. The third kappa shape index (κ3) is 5.28. The molecule has 0 saturated heterocycles. The van der Waals surface area contributed by atoms with E-state index in [2.05, 4.69) is 22.8 Å². The summed E-state index contributed by atoms with van der Waals surface area (Å²) in [6.45, 7) is 5.45. The fraction of sp³-hybridized carbons (Fsp3) is 0.269. The molecule has 2 N–H and O–H groups in total. The van der Waals surface area contributed by atoms with Crippen LogP contribution in [0.1, 0.15) is 40.3 Å². The number of imidazole rings is 1. The second-order valence-electron chi connectivity index (χ2n) is 7.86. The molecule has 0 bridgehead atoms. The monoisotopic (exact) mass is 475 g/mol. The minimum Gasteiger partial charge on any atom is -0.347 e. The average Bonchev–Trinajstić information content (AvgIpc) is 3.51. The fourth-order valence-electron chi connectivity index (χ4n) is 3.86. The van der Waals surface area contributed by atoms with E-state index in [1.807, 2.05) is 60.0 Å². The van der Waals surface area contributed by atoms with E-state index in [9.17, 15) is 9.59 Å². The first-order valence-electron chi connectivity index (χ1n) is 11.5. The maximum Gasteiger partial charge on any atom is 0.323 e. The molecule has 8 heteroatoms. The molecule has 0 aliphatic rings. The first-order valence-corrected chi connectivity index (χ1v) is 12.4. The van der Waals surface area contributed by atoms with Gasteiger partial charge < -0.3 is 10.6 Å². The first kappa shape index (κ1) is 23.5. The normalized spacial score (nSPS) is 10.9. The largest absolute Gasteiger partial charge is 0.347 e. The van der Waals surface area contributed by atoms with Gasteiger partial charge in [0.2, 0.25) is 0 Å². The van der Waals surface area contributed by atoms with Crippen LogP contribution in [0.5, 0.6) is 0 Å². The number of nitrogens with zero attached hydrogens (tertiary/aromatic N) is 3. The van der Waals surface area contributed by atoms with Gasteiger partial charge in [-0.2, -0.15) is 0 Å². The van der Waals surface area contributed by atoms with Gasteiger partial charge in [-0.25, -0.2) is 9.78 Å². The van der Waals surface area contributed by atoms with Gasteiger partial charge in [0.25, 0.3) is 5.91 Å². The van der Waals surface area contributed by atoms with Gasteiger partial charge in [-0.3, -0.25) is 14.1 Å². The molecule has 4 aromatic rings. The van der Waals surface area contributed by atoms with Crippen molar-refractivity contribution in [2.45, 2.75) is 33.2 Å². The summed E-state index contributed by atoms with van der Waals surface area (Å²) in [5, 5.41) is 7.98.